The molecule has 2 saturated heterocycles. The molecule has 160 valence electrons. The number of nitrogens with one attached hydrogen (secondary N) is 2. The summed E-state index contributed by atoms with van der Waals surface area (Å²) in [5, 5.41) is 11.3. The second-order valence-corrected chi connectivity index (χ2v) is 7.72. The van der Waals surface area contributed by atoms with E-state index in [1.165, 1.54) is 6.07 Å². The maximum Gasteiger partial charge on any atom is 0.311 e. The molecule has 30 heavy (non-hydrogen) atoms. The minimum atomic E-state index is -0.358. The van der Waals surface area contributed by atoms with Crippen molar-refractivity contribution in [1.82, 2.24) is 15.8 Å². The van der Waals surface area contributed by atoms with E-state index in [2.05, 4.69) is 15.8 Å². The van der Waals surface area contributed by atoms with E-state index in [4.69, 9.17) is 9.47 Å². The summed E-state index contributed by atoms with van der Waals surface area (Å²) in [5.74, 6) is 2.60. The Hall–Kier alpha value is -2.91. The molecular formula is C21H27N5O4. The van der Waals surface area contributed by atoms with E-state index in [1.54, 1.807) is 26.5 Å². The molecule has 0 saturated carbocycles. The predicted octanol–water partition coefficient (Wildman–Crippen LogP) is 2.83. The van der Waals surface area contributed by atoms with Crippen LogP contribution in [0.5, 0.6) is 11.5 Å². The second kappa shape index (κ2) is 8.85. The molecule has 2 unspecified atom stereocenters. The normalized spacial score (nSPS) is 22.1. The van der Waals surface area contributed by atoms with Crippen molar-refractivity contribution in [3.05, 3.63) is 52.2 Å². The monoisotopic (exact) mass is 413 g/mol. The highest BCUT2D eigenvalue weighted by Crippen LogP contribution is 2.37. The maximum absolute atomic E-state index is 11.3. The van der Waals surface area contributed by atoms with Crippen molar-refractivity contribution in [2.24, 2.45) is 5.92 Å². The summed E-state index contributed by atoms with van der Waals surface area (Å²) >= 11 is 0. The van der Waals surface area contributed by atoms with Crippen molar-refractivity contribution in [3.8, 4) is 11.5 Å². The molecule has 2 aliphatic heterocycles. The zero-order valence-corrected chi connectivity index (χ0v) is 17.2. The SMILES string of the molecule is COc1ccc(OC)c(C2CC(C3CCN(c4ncccc4[N+](=O)[O-])CC3)NN2)c1. The van der Waals surface area contributed by atoms with Crippen LogP contribution >= 0.6 is 0 Å². The number of hydrazine groups is 1. The number of nitro groups is 1. The average Bonchev–Trinajstić information content (AvgIpc) is 3.29. The molecule has 2 N–H and O–H groups in total. The third-order valence-electron chi connectivity index (χ3n) is 6.12. The Balaban J connectivity index is 1.40. The molecule has 2 fully saturated rings. The van der Waals surface area contributed by atoms with Crippen molar-refractivity contribution >= 4 is 11.5 Å². The molecule has 2 aromatic rings. The summed E-state index contributed by atoms with van der Waals surface area (Å²) in [6.45, 7) is 1.52. The van der Waals surface area contributed by atoms with Gasteiger partial charge in [-0.3, -0.25) is 15.5 Å². The second-order valence-electron chi connectivity index (χ2n) is 7.72. The molecule has 2 aliphatic rings. The average molecular weight is 413 g/mol. The van der Waals surface area contributed by atoms with Crippen LogP contribution in [0, 0.1) is 16.0 Å². The van der Waals surface area contributed by atoms with Gasteiger partial charge in [0.2, 0.25) is 5.82 Å². The molecule has 0 aliphatic carbocycles. The largest absolute Gasteiger partial charge is 0.497 e. The minimum absolute atomic E-state index is 0.0711. The third kappa shape index (κ3) is 4.03. The first-order valence-corrected chi connectivity index (χ1v) is 10.2. The van der Waals surface area contributed by atoms with Gasteiger partial charge in [-0.05, 0) is 49.4 Å². The van der Waals surface area contributed by atoms with Gasteiger partial charge in [0, 0.05) is 37.0 Å². The van der Waals surface area contributed by atoms with Crippen molar-refractivity contribution in [3.63, 3.8) is 0 Å². The smallest absolute Gasteiger partial charge is 0.311 e. The van der Waals surface area contributed by atoms with Gasteiger partial charge in [0.05, 0.1) is 25.2 Å². The van der Waals surface area contributed by atoms with Gasteiger partial charge in [-0.2, -0.15) is 0 Å². The number of piperidine rings is 1. The van der Waals surface area contributed by atoms with Gasteiger partial charge in [0.15, 0.2) is 0 Å². The van der Waals surface area contributed by atoms with Crippen LogP contribution in [0.1, 0.15) is 30.9 Å². The fourth-order valence-corrected chi connectivity index (χ4v) is 4.49. The molecule has 9 nitrogen and oxygen atoms in total. The molecule has 0 amide bonds. The quantitative estimate of drug-likeness (QED) is 0.551. The van der Waals surface area contributed by atoms with Crippen molar-refractivity contribution in [1.29, 1.82) is 0 Å². The van der Waals surface area contributed by atoms with Crippen LogP contribution < -0.4 is 25.2 Å². The Labute approximate surface area is 175 Å². The van der Waals surface area contributed by atoms with Gasteiger partial charge in [-0.15, -0.1) is 0 Å². The number of hydrogen-bond donors (Lipinski definition) is 2. The van der Waals surface area contributed by atoms with Gasteiger partial charge in [0.1, 0.15) is 11.5 Å². The lowest BCUT2D eigenvalue weighted by atomic mass is 9.86. The van der Waals surface area contributed by atoms with E-state index in [0.29, 0.717) is 17.8 Å². The van der Waals surface area contributed by atoms with E-state index in [0.717, 1.165) is 49.4 Å². The van der Waals surface area contributed by atoms with Crippen LogP contribution in [0.2, 0.25) is 0 Å². The first-order chi connectivity index (χ1) is 14.6. The van der Waals surface area contributed by atoms with Gasteiger partial charge < -0.3 is 14.4 Å². The third-order valence-corrected chi connectivity index (χ3v) is 6.12. The Morgan fingerprint density at radius 2 is 1.97 bits per heavy atom. The molecule has 2 atom stereocenters. The molecule has 1 aromatic carbocycles. The number of anilines is 1. The fraction of sp³-hybridized carbons (Fsp3) is 0.476. The summed E-state index contributed by atoms with van der Waals surface area (Å²) in [6, 6.07) is 9.43. The van der Waals surface area contributed by atoms with Gasteiger partial charge >= 0.3 is 5.69 Å². The molecular weight excluding hydrogens is 386 g/mol. The zero-order chi connectivity index (χ0) is 21.1. The van der Waals surface area contributed by atoms with Crippen LogP contribution in [-0.2, 0) is 0 Å². The van der Waals surface area contributed by atoms with E-state index in [1.807, 2.05) is 23.1 Å². The Kier molecular flexibility index (Phi) is 6.01. The van der Waals surface area contributed by atoms with E-state index in [9.17, 15) is 10.1 Å². The highest BCUT2D eigenvalue weighted by molar-refractivity contribution is 5.57. The molecule has 9 heteroatoms. The zero-order valence-electron chi connectivity index (χ0n) is 17.2. The van der Waals surface area contributed by atoms with Crippen LogP contribution in [0.4, 0.5) is 11.5 Å². The van der Waals surface area contributed by atoms with Crippen LogP contribution in [0.3, 0.4) is 0 Å². The van der Waals surface area contributed by atoms with Gasteiger partial charge in [0.25, 0.3) is 0 Å². The summed E-state index contributed by atoms with van der Waals surface area (Å²) in [6.07, 6.45) is 4.46. The minimum Gasteiger partial charge on any atom is -0.497 e. The summed E-state index contributed by atoms with van der Waals surface area (Å²) < 4.78 is 10.9. The van der Waals surface area contributed by atoms with Crippen LogP contribution in [0.25, 0.3) is 0 Å². The first kappa shape index (κ1) is 20.4. The lowest BCUT2D eigenvalue weighted by Crippen LogP contribution is -2.43. The van der Waals surface area contributed by atoms with E-state index in [-0.39, 0.29) is 16.7 Å². The highest BCUT2D eigenvalue weighted by atomic mass is 16.6. The molecule has 3 heterocycles. The number of pyridine rings is 1. The maximum atomic E-state index is 11.3. The molecule has 1 aromatic heterocycles. The molecule has 0 spiro atoms. The topological polar surface area (TPSA) is 102 Å². The standard InChI is InChI=1S/C21H27N5O4/c1-29-15-5-6-20(30-2)16(12-15)18-13-17(23-24-18)14-7-10-25(11-8-14)21-19(26(27)28)4-3-9-22-21/h3-6,9,12,14,17-18,23-24H,7-8,10-11,13H2,1-2H3. The highest BCUT2D eigenvalue weighted by Gasteiger charge is 2.35. The molecule has 0 radical (unpaired) electrons. The van der Waals surface area contributed by atoms with E-state index < -0.39 is 0 Å². The van der Waals surface area contributed by atoms with Crippen molar-refractivity contribution in [2.75, 3.05) is 32.2 Å². The predicted molar refractivity (Wildman–Crippen MR) is 113 cm³/mol. The molecule has 0 bridgehead atoms. The number of benzene rings is 1. The lowest BCUT2D eigenvalue weighted by Gasteiger charge is -2.35. The number of aromatic nitrogens is 1. The number of nitrogens with zero attached hydrogens (tertiary/aromatic N) is 3. The number of hydrogen-bond acceptors (Lipinski definition) is 8. The number of methoxy groups -OCH3 is 2. The van der Waals surface area contributed by atoms with Gasteiger partial charge in [-0.1, -0.05) is 0 Å². The number of ether oxygens (including phenoxy) is 2. The Morgan fingerprint density at radius 3 is 2.67 bits per heavy atom. The fourth-order valence-electron chi connectivity index (χ4n) is 4.49. The summed E-state index contributed by atoms with van der Waals surface area (Å²) in [7, 11) is 3.34. The van der Waals surface area contributed by atoms with Crippen molar-refractivity contribution < 1.29 is 14.4 Å². The van der Waals surface area contributed by atoms with Crippen LogP contribution in [0.15, 0.2) is 36.5 Å². The first-order valence-electron chi connectivity index (χ1n) is 10.2. The number of rotatable bonds is 6. The summed E-state index contributed by atoms with van der Waals surface area (Å²) in [4.78, 5) is 17.2. The lowest BCUT2D eigenvalue weighted by molar-refractivity contribution is -0.384. The summed E-state index contributed by atoms with van der Waals surface area (Å²) in [5.41, 5.74) is 8.02. The van der Waals surface area contributed by atoms with E-state index >= 15 is 0 Å². The van der Waals surface area contributed by atoms with Gasteiger partial charge in [-0.25, -0.2) is 10.4 Å². The molecule has 4 rings (SSSR count). The van der Waals surface area contributed by atoms with Crippen molar-refractivity contribution in [2.45, 2.75) is 31.3 Å². The Morgan fingerprint density at radius 1 is 1.17 bits per heavy atom. The van der Waals surface area contributed by atoms with Crippen LogP contribution in [-0.4, -0.2) is 43.3 Å². The Bertz CT molecular complexity index is 901.